The van der Waals surface area contributed by atoms with Crippen LogP contribution in [0.1, 0.15) is 96.8 Å². The molecule has 0 aromatic heterocycles. The molecular formula is C22H37NO5S. The molecule has 1 aromatic rings. The van der Waals surface area contributed by atoms with Crippen molar-refractivity contribution in [3.63, 3.8) is 0 Å². The molecule has 0 aliphatic carbocycles. The average Bonchev–Trinajstić information content (AvgIpc) is 2.71. The van der Waals surface area contributed by atoms with Gasteiger partial charge in [-0.1, -0.05) is 90.4 Å². The van der Waals surface area contributed by atoms with Crippen LogP contribution in [0.2, 0.25) is 0 Å². The normalized spacial score (nSPS) is 11.6. The van der Waals surface area contributed by atoms with Gasteiger partial charge in [0.05, 0.1) is 16.4 Å². The molecule has 0 saturated heterocycles. The first kappa shape index (κ1) is 25.6. The molecule has 0 amide bonds. The van der Waals surface area contributed by atoms with Gasteiger partial charge in [-0.15, -0.1) is 0 Å². The molecule has 0 fully saturated rings. The maximum absolute atomic E-state index is 12.1. The highest BCUT2D eigenvalue weighted by Gasteiger charge is 2.16. The van der Waals surface area contributed by atoms with E-state index in [1.807, 2.05) is 0 Å². The van der Waals surface area contributed by atoms with Crippen LogP contribution in [0.4, 0.5) is 5.69 Å². The molecule has 0 heterocycles. The molecule has 7 heteroatoms. The predicted octanol–water partition coefficient (Wildman–Crippen LogP) is 6.78. The molecule has 0 atom stereocenters. The summed E-state index contributed by atoms with van der Waals surface area (Å²) in [7, 11) is -3.84. The fourth-order valence-corrected chi connectivity index (χ4v) is 4.21. The Morgan fingerprint density at radius 3 is 1.59 bits per heavy atom. The summed E-state index contributed by atoms with van der Waals surface area (Å²) in [5.74, 6) is 0. The van der Waals surface area contributed by atoms with Crippen LogP contribution in [0.5, 0.6) is 0 Å². The minimum Gasteiger partial charge on any atom is -0.266 e. The van der Waals surface area contributed by atoms with Crippen LogP contribution < -0.4 is 0 Å². The Hall–Kier alpha value is -1.47. The van der Waals surface area contributed by atoms with E-state index in [1.54, 1.807) is 0 Å². The highest BCUT2D eigenvalue weighted by molar-refractivity contribution is 7.86. The Morgan fingerprint density at radius 2 is 1.17 bits per heavy atom. The fourth-order valence-electron chi connectivity index (χ4n) is 3.27. The van der Waals surface area contributed by atoms with E-state index in [0.29, 0.717) is 6.42 Å². The molecule has 0 aliphatic rings. The van der Waals surface area contributed by atoms with Crippen LogP contribution in [-0.4, -0.2) is 19.9 Å². The summed E-state index contributed by atoms with van der Waals surface area (Å²) in [6.07, 6.45) is 17.3. The van der Waals surface area contributed by atoms with Gasteiger partial charge in [0, 0.05) is 12.1 Å². The summed E-state index contributed by atoms with van der Waals surface area (Å²) >= 11 is 0. The third kappa shape index (κ3) is 12.0. The van der Waals surface area contributed by atoms with E-state index in [4.69, 9.17) is 4.18 Å². The van der Waals surface area contributed by atoms with E-state index >= 15 is 0 Å². The second kappa shape index (κ2) is 15.4. The Bertz CT molecular complexity index is 658. The Kier molecular flexibility index (Phi) is 13.6. The Morgan fingerprint density at radius 1 is 0.759 bits per heavy atom. The lowest BCUT2D eigenvalue weighted by Gasteiger charge is -2.06. The molecule has 0 spiro atoms. The maximum atomic E-state index is 12.1. The van der Waals surface area contributed by atoms with Gasteiger partial charge in [-0.05, 0) is 18.6 Å². The molecule has 6 nitrogen and oxygen atoms in total. The zero-order chi connectivity index (χ0) is 21.4. The van der Waals surface area contributed by atoms with E-state index in [2.05, 4.69) is 6.92 Å². The average molecular weight is 428 g/mol. The van der Waals surface area contributed by atoms with E-state index in [0.717, 1.165) is 12.8 Å². The number of nitro groups is 1. The van der Waals surface area contributed by atoms with Gasteiger partial charge in [0.25, 0.3) is 15.8 Å². The van der Waals surface area contributed by atoms with Gasteiger partial charge in [0.1, 0.15) is 0 Å². The number of nitrogens with zero attached hydrogens (tertiary/aromatic N) is 1. The van der Waals surface area contributed by atoms with Crippen molar-refractivity contribution in [2.75, 3.05) is 6.61 Å². The topological polar surface area (TPSA) is 86.5 Å². The number of rotatable bonds is 18. The summed E-state index contributed by atoms with van der Waals surface area (Å²) in [6.45, 7) is 2.40. The zero-order valence-corrected chi connectivity index (χ0v) is 18.6. The van der Waals surface area contributed by atoms with Crippen LogP contribution in [0.3, 0.4) is 0 Å². The highest BCUT2D eigenvalue weighted by Crippen LogP contribution is 2.18. The molecule has 0 N–H and O–H groups in total. The number of hydrogen-bond donors (Lipinski definition) is 0. The second-order valence-corrected chi connectivity index (χ2v) is 9.24. The smallest absolute Gasteiger partial charge is 0.266 e. The first-order valence-corrected chi connectivity index (χ1v) is 12.5. The minimum absolute atomic E-state index is 0.0477. The van der Waals surface area contributed by atoms with Gasteiger partial charge < -0.3 is 0 Å². The molecule has 0 bridgehead atoms. The van der Waals surface area contributed by atoms with E-state index in [1.165, 1.54) is 94.9 Å². The number of benzene rings is 1. The van der Waals surface area contributed by atoms with Crippen molar-refractivity contribution in [3.8, 4) is 0 Å². The van der Waals surface area contributed by atoms with Crippen LogP contribution in [0.25, 0.3) is 0 Å². The number of hydrogen-bond acceptors (Lipinski definition) is 5. The molecule has 1 rings (SSSR count). The summed E-state index contributed by atoms with van der Waals surface area (Å²) < 4.78 is 29.1. The minimum atomic E-state index is -3.84. The lowest BCUT2D eigenvalue weighted by atomic mass is 10.0. The van der Waals surface area contributed by atoms with Crippen LogP contribution in [0, 0.1) is 10.1 Å². The van der Waals surface area contributed by atoms with Crippen molar-refractivity contribution in [1.82, 2.24) is 0 Å². The number of nitro benzene ring substituents is 1. The van der Waals surface area contributed by atoms with Gasteiger partial charge in [-0.2, -0.15) is 8.42 Å². The quantitative estimate of drug-likeness (QED) is 0.111. The molecule has 0 radical (unpaired) electrons. The molecule has 0 unspecified atom stereocenters. The second-order valence-electron chi connectivity index (χ2n) is 7.62. The van der Waals surface area contributed by atoms with Crippen molar-refractivity contribution < 1.29 is 17.5 Å². The fraction of sp³-hybridized carbons (Fsp3) is 0.727. The summed E-state index contributed by atoms with van der Waals surface area (Å²) in [4.78, 5) is 10.0. The van der Waals surface area contributed by atoms with E-state index in [-0.39, 0.29) is 17.2 Å². The largest absolute Gasteiger partial charge is 0.296 e. The molecule has 0 aliphatic heterocycles. The SMILES string of the molecule is CCCCCCCCCCCCCCCCOS(=O)(=O)c1ccc([N+](=O)[O-])cc1. The molecule has 1 aromatic carbocycles. The van der Waals surface area contributed by atoms with Crippen molar-refractivity contribution >= 4 is 15.8 Å². The summed E-state index contributed by atoms with van der Waals surface area (Å²) in [6, 6.07) is 4.75. The number of non-ortho nitro benzene ring substituents is 1. The third-order valence-electron chi connectivity index (χ3n) is 5.07. The van der Waals surface area contributed by atoms with E-state index < -0.39 is 15.0 Å². The van der Waals surface area contributed by atoms with Crippen molar-refractivity contribution in [2.45, 2.75) is 102 Å². The van der Waals surface area contributed by atoms with Crippen molar-refractivity contribution in [2.24, 2.45) is 0 Å². The van der Waals surface area contributed by atoms with Crippen LogP contribution >= 0.6 is 0 Å². The standard InChI is InChI=1S/C22H37NO5S/c1-2-3-4-5-6-7-8-9-10-11-12-13-14-15-20-28-29(26,27)22-18-16-21(17-19-22)23(24)25/h16-19H,2-15,20H2,1H3. The van der Waals surface area contributed by atoms with Crippen LogP contribution in [-0.2, 0) is 14.3 Å². The maximum Gasteiger partial charge on any atom is 0.296 e. The van der Waals surface area contributed by atoms with Gasteiger partial charge in [-0.25, -0.2) is 0 Å². The molecule has 29 heavy (non-hydrogen) atoms. The lowest BCUT2D eigenvalue weighted by Crippen LogP contribution is -2.07. The van der Waals surface area contributed by atoms with Gasteiger partial charge in [-0.3, -0.25) is 14.3 Å². The predicted molar refractivity (Wildman–Crippen MR) is 117 cm³/mol. The molecular weight excluding hydrogens is 390 g/mol. The van der Waals surface area contributed by atoms with Gasteiger partial charge in [0.15, 0.2) is 0 Å². The van der Waals surface area contributed by atoms with E-state index in [9.17, 15) is 18.5 Å². The molecule has 0 saturated carbocycles. The third-order valence-corrected chi connectivity index (χ3v) is 6.40. The Labute approximate surface area is 176 Å². The van der Waals surface area contributed by atoms with Gasteiger partial charge >= 0.3 is 0 Å². The Balaban J connectivity index is 1.99. The summed E-state index contributed by atoms with van der Waals surface area (Å²) in [5.41, 5.74) is -0.143. The zero-order valence-electron chi connectivity index (χ0n) is 17.8. The van der Waals surface area contributed by atoms with Crippen molar-refractivity contribution in [3.05, 3.63) is 34.4 Å². The molecule has 166 valence electrons. The van der Waals surface area contributed by atoms with Crippen molar-refractivity contribution in [1.29, 1.82) is 0 Å². The monoisotopic (exact) mass is 427 g/mol. The van der Waals surface area contributed by atoms with Gasteiger partial charge in [0.2, 0.25) is 0 Å². The highest BCUT2D eigenvalue weighted by atomic mass is 32.2. The number of unbranched alkanes of at least 4 members (excludes halogenated alkanes) is 13. The van der Waals surface area contributed by atoms with Crippen LogP contribution in [0.15, 0.2) is 29.2 Å². The first-order valence-electron chi connectivity index (χ1n) is 11.1. The lowest BCUT2D eigenvalue weighted by molar-refractivity contribution is -0.384. The summed E-state index contributed by atoms with van der Waals surface area (Å²) in [5, 5.41) is 10.6. The first-order chi connectivity index (χ1) is 14.0.